The third-order valence-electron chi connectivity index (χ3n) is 2.61. The first-order valence-corrected chi connectivity index (χ1v) is 5.61. The smallest absolute Gasteiger partial charge is 0.181 e. The van der Waals surface area contributed by atoms with Gasteiger partial charge in [-0.05, 0) is 12.1 Å². The minimum atomic E-state index is 0.711. The molecule has 4 nitrogen and oxygen atoms in total. The van der Waals surface area contributed by atoms with Gasteiger partial charge in [-0.2, -0.15) is 5.10 Å². The fraction of sp³-hybridized carbons (Fsp3) is 0.273. The Kier molecular flexibility index (Phi) is 2.38. The maximum absolute atomic E-state index is 5.95. The van der Waals surface area contributed by atoms with E-state index in [1.807, 2.05) is 28.9 Å². The van der Waals surface area contributed by atoms with E-state index in [-0.39, 0.29) is 0 Å². The van der Waals surface area contributed by atoms with Crippen molar-refractivity contribution >= 4 is 11.6 Å². The van der Waals surface area contributed by atoms with Crippen LogP contribution in [0.5, 0.6) is 0 Å². The van der Waals surface area contributed by atoms with Crippen LogP contribution in [-0.2, 0) is 13.1 Å². The van der Waals surface area contributed by atoms with Gasteiger partial charge in [0.2, 0.25) is 0 Å². The zero-order chi connectivity index (χ0) is 11.0. The molecule has 82 valence electrons. The average Bonchev–Trinajstić information content (AvgIpc) is 2.72. The molecule has 3 rings (SSSR count). The largest absolute Gasteiger partial charge is 0.308 e. The van der Waals surface area contributed by atoms with Crippen molar-refractivity contribution in [2.45, 2.75) is 13.1 Å². The van der Waals surface area contributed by atoms with Crippen molar-refractivity contribution in [1.82, 2.24) is 20.1 Å². The molecule has 0 radical (unpaired) electrons. The fourth-order valence-corrected chi connectivity index (χ4v) is 2.01. The standard InChI is InChI=1S/C11H11ClN4/c12-9-3-1-2-8(6-9)11-14-10-7-13-4-5-16(10)15-11/h1-3,6,13H,4-5,7H2. The predicted molar refractivity (Wildman–Crippen MR) is 62.2 cm³/mol. The highest BCUT2D eigenvalue weighted by molar-refractivity contribution is 6.30. The van der Waals surface area contributed by atoms with E-state index in [2.05, 4.69) is 15.4 Å². The van der Waals surface area contributed by atoms with Crippen LogP contribution >= 0.6 is 11.6 Å². The molecule has 0 spiro atoms. The Labute approximate surface area is 98.3 Å². The summed E-state index contributed by atoms with van der Waals surface area (Å²) in [5.74, 6) is 1.74. The lowest BCUT2D eigenvalue weighted by Crippen LogP contribution is -2.28. The summed E-state index contributed by atoms with van der Waals surface area (Å²) in [7, 11) is 0. The van der Waals surface area contributed by atoms with E-state index in [9.17, 15) is 0 Å². The van der Waals surface area contributed by atoms with Gasteiger partial charge in [0.05, 0.1) is 13.1 Å². The van der Waals surface area contributed by atoms with Gasteiger partial charge in [-0.1, -0.05) is 23.7 Å². The van der Waals surface area contributed by atoms with Gasteiger partial charge in [-0.25, -0.2) is 9.67 Å². The molecule has 0 bridgehead atoms. The van der Waals surface area contributed by atoms with Crippen LogP contribution in [0.25, 0.3) is 11.4 Å². The molecule has 0 saturated heterocycles. The summed E-state index contributed by atoms with van der Waals surface area (Å²) in [5, 5.41) is 8.45. The van der Waals surface area contributed by atoms with Crippen molar-refractivity contribution in [3.8, 4) is 11.4 Å². The first-order chi connectivity index (χ1) is 7.83. The highest BCUT2D eigenvalue weighted by atomic mass is 35.5. The lowest BCUT2D eigenvalue weighted by atomic mass is 10.2. The number of nitrogens with zero attached hydrogens (tertiary/aromatic N) is 3. The number of hydrogen-bond donors (Lipinski definition) is 1. The van der Waals surface area contributed by atoms with Crippen molar-refractivity contribution in [3.05, 3.63) is 35.1 Å². The van der Waals surface area contributed by atoms with Crippen molar-refractivity contribution in [3.63, 3.8) is 0 Å². The van der Waals surface area contributed by atoms with E-state index in [1.165, 1.54) is 0 Å². The van der Waals surface area contributed by atoms with E-state index in [0.717, 1.165) is 36.8 Å². The molecule has 0 fully saturated rings. The van der Waals surface area contributed by atoms with Crippen molar-refractivity contribution in [2.75, 3.05) is 6.54 Å². The summed E-state index contributed by atoms with van der Waals surface area (Å²) in [6.45, 7) is 2.61. The SMILES string of the molecule is Clc1cccc(-c2nc3n(n2)CCNC3)c1. The van der Waals surface area contributed by atoms with Gasteiger partial charge in [-0.15, -0.1) is 0 Å². The number of fused-ring (bicyclic) bond motifs is 1. The Hall–Kier alpha value is -1.39. The van der Waals surface area contributed by atoms with Gasteiger partial charge in [0.25, 0.3) is 0 Å². The second-order valence-electron chi connectivity index (χ2n) is 3.76. The second-order valence-corrected chi connectivity index (χ2v) is 4.20. The van der Waals surface area contributed by atoms with Crippen LogP contribution in [0.1, 0.15) is 5.82 Å². The maximum atomic E-state index is 5.95. The molecule has 5 heteroatoms. The van der Waals surface area contributed by atoms with Crippen molar-refractivity contribution in [1.29, 1.82) is 0 Å². The van der Waals surface area contributed by atoms with Crippen LogP contribution in [0.15, 0.2) is 24.3 Å². The minimum absolute atomic E-state index is 0.711. The van der Waals surface area contributed by atoms with Crippen LogP contribution < -0.4 is 5.32 Å². The highest BCUT2D eigenvalue weighted by Gasteiger charge is 2.14. The van der Waals surface area contributed by atoms with Crippen LogP contribution in [0.3, 0.4) is 0 Å². The summed E-state index contributed by atoms with van der Waals surface area (Å²) < 4.78 is 1.95. The molecule has 0 amide bonds. The Morgan fingerprint density at radius 1 is 1.38 bits per heavy atom. The predicted octanol–water partition coefficient (Wildman–Crippen LogP) is 1.70. The van der Waals surface area contributed by atoms with Crippen LogP contribution in [-0.4, -0.2) is 21.3 Å². The van der Waals surface area contributed by atoms with E-state index < -0.39 is 0 Å². The molecule has 1 aromatic heterocycles. The second kappa shape index (κ2) is 3.88. The molecule has 2 heterocycles. The van der Waals surface area contributed by atoms with Gasteiger partial charge < -0.3 is 5.32 Å². The van der Waals surface area contributed by atoms with Gasteiger partial charge in [-0.3, -0.25) is 0 Å². The highest BCUT2D eigenvalue weighted by Crippen LogP contribution is 2.20. The van der Waals surface area contributed by atoms with E-state index >= 15 is 0 Å². The Balaban J connectivity index is 2.03. The number of nitrogens with one attached hydrogen (secondary N) is 1. The Morgan fingerprint density at radius 3 is 3.12 bits per heavy atom. The molecule has 1 aliphatic rings. The third-order valence-corrected chi connectivity index (χ3v) is 2.85. The number of aromatic nitrogens is 3. The molecular weight excluding hydrogens is 224 g/mol. The average molecular weight is 235 g/mol. The Morgan fingerprint density at radius 2 is 2.31 bits per heavy atom. The quantitative estimate of drug-likeness (QED) is 0.817. The number of hydrogen-bond acceptors (Lipinski definition) is 3. The zero-order valence-corrected chi connectivity index (χ0v) is 9.41. The summed E-state index contributed by atoms with van der Waals surface area (Å²) in [5.41, 5.74) is 0.967. The molecule has 1 aromatic carbocycles. The minimum Gasteiger partial charge on any atom is -0.308 e. The summed E-state index contributed by atoms with van der Waals surface area (Å²) >= 11 is 5.95. The van der Waals surface area contributed by atoms with Gasteiger partial charge in [0.1, 0.15) is 5.82 Å². The molecule has 1 N–H and O–H groups in total. The van der Waals surface area contributed by atoms with Gasteiger partial charge in [0, 0.05) is 17.1 Å². The molecule has 2 aromatic rings. The van der Waals surface area contributed by atoms with E-state index in [0.29, 0.717) is 5.02 Å². The summed E-state index contributed by atoms with van der Waals surface area (Å²) in [6.07, 6.45) is 0. The number of benzene rings is 1. The zero-order valence-electron chi connectivity index (χ0n) is 8.65. The Bertz CT molecular complexity index is 497. The lowest BCUT2D eigenvalue weighted by Gasteiger charge is -2.11. The first-order valence-electron chi connectivity index (χ1n) is 5.23. The monoisotopic (exact) mass is 234 g/mol. The fourth-order valence-electron chi connectivity index (χ4n) is 1.82. The molecule has 0 aliphatic carbocycles. The molecule has 0 saturated carbocycles. The van der Waals surface area contributed by atoms with Crippen molar-refractivity contribution < 1.29 is 0 Å². The molecule has 0 unspecified atom stereocenters. The van der Waals surface area contributed by atoms with E-state index in [1.54, 1.807) is 0 Å². The molecule has 0 atom stereocenters. The van der Waals surface area contributed by atoms with Crippen LogP contribution in [0, 0.1) is 0 Å². The molecule has 16 heavy (non-hydrogen) atoms. The summed E-state index contributed by atoms with van der Waals surface area (Å²) in [6, 6.07) is 7.62. The molecular formula is C11H11ClN4. The van der Waals surface area contributed by atoms with Crippen LogP contribution in [0.4, 0.5) is 0 Å². The van der Waals surface area contributed by atoms with E-state index in [4.69, 9.17) is 11.6 Å². The maximum Gasteiger partial charge on any atom is 0.181 e. The normalized spacial score (nSPS) is 14.8. The van der Waals surface area contributed by atoms with Gasteiger partial charge >= 0.3 is 0 Å². The third kappa shape index (κ3) is 1.70. The first kappa shape index (κ1) is 9.81. The summed E-state index contributed by atoms with van der Waals surface area (Å²) in [4.78, 5) is 4.49. The lowest BCUT2D eigenvalue weighted by molar-refractivity contribution is 0.469. The van der Waals surface area contributed by atoms with Gasteiger partial charge in [0.15, 0.2) is 5.82 Å². The van der Waals surface area contributed by atoms with Crippen molar-refractivity contribution in [2.24, 2.45) is 0 Å². The molecule has 1 aliphatic heterocycles. The number of rotatable bonds is 1. The number of halogens is 1. The van der Waals surface area contributed by atoms with Crippen LogP contribution in [0.2, 0.25) is 5.02 Å². The topological polar surface area (TPSA) is 42.7 Å².